The molecule has 0 aliphatic heterocycles. The van der Waals surface area contributed by atoms with Crippen molar-refractivity contribution in [2.24, 2.45) is 7.05 Å². The van der Waals surface area contributed by atoms with E-state index in [0.29, 0.717) is 40.0 Å². The molecule has 0 radical (unpaired) electrons. The average molecular weight is 544 g/mol. The Bertz CT molecular complexity index is 1840. The van der Waals surface area contributed by atoms with Crippen LogP contribution in [0.15, 0.2) is 47.5 Å². The molecule has 3 heterocycles. The molecule has 3 aromatic heterocycles. The van der Waals surface area contributed by atoms with E-state index in [-0.39, 0.29) is 18.0 Å². The van der Waals surface area contributed by atoms with Crippen LogP contribution in [-0.2, 0) is 13.6 Å². The second kappa shape index (κ2) is 9.97. The van der Waals surface area contributed by atoms with Crippen LogP contribution in [0.4, 0.5) is 4.39 Å². The van der Waals surface area contributed by atoms with Gasteiger partial charge >= 0.3 is 0 Å². The number of rotatable bonds is 7. The summed E-state index contributed by atoms with van der Waals surface area (Å²) in [6.45, 7) is 11.4. The number of carbonyl (C=O) groups is 1. The lowest BCUT2D eigenvalue weighted by molar-refractivity contribution is 0.0951. The predicted molar refractivity (Wildman–Crippen MR) is 156 cm³/mol. The first-order valence-electron chi connectivity index (χ1n) is 13.3. The zero-order valence-electron chi connectivity index (χ0n) is 23.9. The number of aryl methyl sites for hydroxylation is 3. The first-order chi connectivity index (χ1) is 18.9. The number of halogens is 1. The summed E-state index contributed by atoms with van der Waals surface area (Å²) in [5.41, 5.74) is 4.08. The molecule has 0 atom stereocenters. The third-order valence-corrected chi connectivity index (χ3v) is 7.19. The summed E-state index contributed by atoms with van der Waals surface area (Å²) in [5.74, 6) is 1.01. The Balaban J connectivity index is 1.81. The van der Waals surface area contributed by atoms with Crippen LogP contribution in [0.3, 0.4) is 0 Å². The molecule has 2 aromatic carbocycles. The number of amides is 1. The van der Waals surface area contributed by atoms with Gasteiger partial charge < -0.3 is 19.6 Å². The lowest BCUT2D eigenvalue weighted by Gasteiger charge is -2.19. The molecular formula is C31H34FN5O3. The fourth-order valence-corrected chi connectivity index (χ4v) is 5.00. The van der Waals surface area contributed by atoms with Crippen LogP contribution < -0.4 is 15.6 Å². The van der Waals surface area contributed by atoms with Crippen LogP contribution in [-0.4, -0.2) is 37.5 Å². The van der Waals surface area contributed by atoms with Crippen LogP contribution in [0.5, 0.6) is 11.5 Å². The summed E-state index contributed by atoms with van der Waals surface area (Å²) < 4.78 is 24.4. The van der Waals surface area contributed by atoms with Gasteiger partial charge in [-0.3, -0.25) is 14.3 Å². The number of benzene rings is 2. The van der Waals surface area contributed by atoms with E-state index in [1.807, 2.05) is 45.9 Å². The minimum Gasteiger partial charge on any atom is -0.456 e. The fourth-order valence-electron chi connectivity index (χ4n) is 5.00. The fraction of sp³-hybridized carbons (Fsp3) is 0.323. The number of H-pyrrole nitrogens is 1. The van der Waals surface area contributed by atoms with Gasteiger partial charge in [-0.1, -0.05) is 12.1 Å². The Morgan fingerprint density at radius 3 is 2.55 bits per heavy atom. The average Bonchev–Trinajstić information content (AvgIpc) is 3.50. The van der Waals surface area contributed by atoms with E-state index >= 15 is 0 Å². The van der Waals surface area contributed by atoms with Crippen molar-refractivity contribution in [1.29, 1.82) is 0 Å². The number of alkyl halides is 1. The molecule has 0 unspecified atom stereocenters. The Morgan fingerprint density at radius 2 is 1.85 bits per heavy atom. The predicted octanol–water partition coefficient (Wildman–Crippen LogP) is 6.10. The number of pyridine rings is 1. The molecule has 0 fully saturated rings. The quantitative estimate of drug-likeness (QED) is 0.259. The van der Waals surface area contributed by atoms with Gasteiger partial charge in [-0.25, -0.2) is 4.39 Å². The number of ether oxygens (including phenoxy) is 1. The molecule has 208 valence electrons. The zero-order chi connectivity index (χ0) is 28.9. The number of hydrogen-bond acceptors (Lipinski definition) is 4. The topological polar surface area (TPSA) is 93.9 Å². The lowest BCUT2D eigenvalue weighted by Crippen LogP contribution is -2.23. The number of carbonyl (C=O) groups excluding carboxylic acids is 1. The first-order valence-corrected chi connectivity index (χ1v) is 13.3. The Kier molecular flexibility index (Phi) is 6.77. The summed E-state index contributed by atoms with van der Waals surface area (Å²) in [5, 5.41) is 8.62. The summed E-state index contributed by atoms with van der Waals surface area (Å²) in [6, 6.07) is 9.59. The van der Waals surface area contributed by atoms with E-state index in [2.05, 4.69) is 21.5 Å². The van der Waals surface area contributed by atoms with Crippen LogP contribution in [0.2, 0.25) is 0 Å². The molecular weight excluding hydrogens is 509 g/mol. The van der Waals surface area contributed by atoms with E-state index in [1.54, 1.807) is 30.2 Å². The van der Waals surface area contributed by atoms with E-state index in [1.165, 1.54) is 18.4 Å². The van der Waals surface area contributed by atoms with Crippen LogP contribution in [0.1, 0.15) is 48.0 Å². The van der Waals surface area contributed by atoms with Gasteiger partial charge in [-0.2, -0.15) is 5.10 Å². The minimum absolute atomic E-state index is 0.0699. The maximum Gasteiger partial charge on any atom is 0.274 e. The number of fused-ring (bicyclic) bond motifs is 2. The van der Waals surface area contributed by atoms with Crippen molar-refractivity contribution in [2.45, 2.75) is 53.8 Å². The lowest BCUT2D eigenvalue weighted by atomic mass is 10.0. The van der Waals surface area contributed by atoms with Crippen molar-refractivity contribution in [1.82, 2.24) is 24.6 Å². The summed E-state index contributed by atoms with van der Waals surface area (Å²) in [7, 11) is 1.67. The van der Waals surface area contributed by atoms with Gasteiger partial charge in [0.05, 0.1) is 18.3 Å². The van der Waals surface area contributed by atoms with Crippen molar-refractivity contribution < 1.29 is 13.9 Å². The first kappa shape index (κ1) is 27.2. The van der Waals surface area contributed by atoms with Gasteiger partial charge in [0.25, 0.3) is 11.5 Å². The number of nitrogens with one attached hydrogen (secondary N) is 2. The Morgan fingerprint density at radius 1 is 1.12 bits per heavy atom. The molecule has 2 N–H and O–H groups in total. The summed E-state index contributed by atoms with van der Waals surface area (Å²) in [6.07, 6.45) is 3.44. The zero-order valence-corrected chi connectivity index (χ0v) is 23.9. The third-order valence-electron chi connectivity index (χ3n) is 7.19. The number of aromatic nitrogens is 4. The van der Waals surface area contributed by atoms with Crippen molar-refractivity contribution in [3.8, 4) is 22.6 Å². The minimum atomic E-state index is -1.48. The molecule has 40 heavy (non-hydrogen) atoms. The van der Waals surface area contributed by atoms with E-state index in [9.17, 15) is 14.0 Å². The molecule has 0 spiro atoms. The molecule has 0 saturated heterocycles. The number of nitrogens with zero attached hydrogens (tertiary/aromatic N) is 3. The highest BCUT2D eigenvalue weighted by Gasteiger charge is 2.23. The molecule has 5 rings (SSSR count). The second-order valence-corrected chi connectivity index (χ2v) is 11.0. The SMILES string of the molecule is CCNC(=O)c1cc2c(-c3cc4c(cnn4CC(C)(C)F)cc3Oc3c(C)ccc(C)c3C)cn(C)c(=O)c2[nH]1. The molecule has 1 amide bonds. The van der Waals surface area contributed by atoms with Crippen LogP contribution >= 0.6 is 0 Å². The second-order valence-electron chi connectivity index (χ2n) is 11.0. The smallest absolute Gasteiger partial charge is 0.274 e. The molecule has 0 aliphatic rings. The van der Waals surface area contributed by atoms with E-state index in [0.717, 1.165) is 33.3 Å². The highest BCUT2D eigenvalue weighted by atomic mass is 19.1. The monoisotopic (exact) mass is 543 g/mol. The van der Waals surface area contributed by atoms with Crippen molar-refractivity contribution in [3.63, 3.8) is 0 Å². The van der Waals surface area contributed by atoms with Gasteiger partial charge in [-0.05, 0) is 76.4 Å². The standard InChI is InChI=1S/C31H34FN5O3/c1-8-33-29(38)24-12-22-23(15-36(7)30(39)27(22)35-24)21-13-25-20(14-34-37(25)16-31(5,6)32)11-26(21)40-28-18(3)10-9-17(2)19(28)4/h9-15,35H,8,16H2,1-7H3,(H,33,38). The van der Waals surface area contributed by atoms with E-state index in [4.69, 9.17) is 4.74 Å². The third kappa shape index (κ3) is 4.87. The summed E-state index contributed by atoms with van der Waals surface area (Å²) >= 11 is 0. The van der Waals surface area contributed by atoms with Gasteiger partial charge in [-0.15, -0.1) is 0 Å². The highest BCUT2D eigenvalue weighted by molar-refractivity contribution is 6.04. The van der Waals surface area contributed by atoms with Gasteiger partial charge in [0.1, 0.15) is 28.4 Å². The molecule has 9 heteroatoms. The number of aromatic amines is 1. The van der Waals surface area contributed by atoms with Gasteiger partial charge in [0.15, 0.2) is 0 Å². The summed E-state index contributed by atoms with van der Waals surface area (Å²) in [4.78, 5) is 28.8. The maximum absolute atomic E-state index is 14.7. The Hall–Kier alpha value is -4.40. The molecule has 0 bridgehead atoms. The molecule has 0 saturated carbocycles. The largest absolute Gasteiger partial charge is 0.456 e. The van der Waals surface area contributed by atoms with Crippen molar-refractivity contribution in [2.75, 3.05) is 6.54 Å². The molecule has 0 aliphatic carbocycles. The van der Waals surface area contributed by atoms with Crippen LogP contribution in [0.25, 0.3) is 32.9 Å². The van der Waals surface area contributed by atoms with Crippen molar-refractivity contribution in [3.05, 3.63) is 75.5 Å². The van der Waals surface area contributed by atoms with E-state index < -0.39 is 5.67 Å². The number of hydrogen-bond donors (Lipinski definition) is 2. The van der Waals surface area contributed by atoms with Gasteiger partial charge in [0, 0.05) is 41.7 Å². The van der Waals surface area contributed by atoms with Crippen molar-refractivity contribution >= 4 is 27.7 Å². The normalized spacial score (nSPS) is 11.9. The Labute approximate surface area is 231 Å². The van der Waals surface area contributed by atoms with Gasteiger partial charge in [0.2, 0.25) is 0 Å². The molecule has 8 nitrogen and oxygen atoms in total. The highest BCUT2D eigenvalue weighted by Crippen LogP contribution is 2.41. The van der Waals surface area contributed by atoms with Crippen LogP contribution in [0, 0.1) is 20.8 Å². The maximum atomic E-state index is 14.7. The molecule has 5 aromatic rings.